The molecule has 0 aromatic rings. The van der Waals surface area contributed by atoms with E-state index in [0.717, 1.165) is 0 Å². The van der Waals surface area contributed by atoms with Gasteiger partial charge in [-0.3, -0.25) is 14.4 Å². The van der Waals surface area contributed by atoms with Crippen molar-refractivity contribution in [3.63, 3.8) is 0 Å². The molecular formula is C14H25N3O5. The van der Waals surface area contributed by atoms with E-state index in [1.54, 1.807) is 0 Å². The highest BCUT2D eigenvalue weighted by Crippen LogP contribution is 2.05. The zero-order valence-electron chi connectivity index (χ0n) is 13.3. The molecular weight excluding hydrogens is 290 g/mol. The van der Waals surface area contributed by atoms with Gasteiger partial charge in [-0.1, -0.05) is 13.8 Å². The van der Waals surface area contributed by atoms with Crippen LogP contribution < -0.4 is 16.0 Å². The molecule has 8 heteroatoms. The Morgan fingerprint density at radius 1 is 0.955 bits per heavy atom. The van der Waals surface area contributed by atoms with E-state index in [1.807, 2.05) is 13.8 Å². The topological polar surface area (TPSA) is 125 Å². The summed E-state index contributed by atoms with van der Waals surface area (Å²) in [7, 11) is 0. The monoisotopic (exact) mass is 315 g/mol. The molecule has 0 aromatic heterocycles. The molecule has 0 aliphatic heterocycles. The number of carbonyl (C=O) groups excluding carboxylic acids is 3. The van der Waals surface area contributed by atoms with Gasteiger partial charge >= 0.3 is 5.97 Å². The van der Waals surface area contributed by atoms with Crippen LogP contribution in [0.4, 0.5) is 0 Å². The van der Waals surface area contributed by atoms with Gasteiger partial charge in [-0.25, -0.2) is 4.79 Å². The largest absolute Gasteiger partial charge is 0.480 e. The molecule has 0 saturated carbocycles. The number of nitrogens with one attached hydrogen (secondary N) is 3. The molecule has 3 amide bonds. The standard InChI is InChI=1S/C14H25N3O5/c1-9(2)8-11(14(21)22)17-13(20)5-4-12(19)16-7-6-15-10(3)18/h9,11H,4-8H2,1-3H3,(H,15,18)(H,16,19)(H,17,20)(H,21,22). The first-order chi connectivity index (χ1) is 10.2. The third-order valence-electron chi connectivity index (χ3n) is 2.74. The van der Waals surface area contributed by atoms with Gasteiger partial charge in [0.2, 0.25) is 17.7 Å². The van der Waals surface area contributed by atoms with E-state index in [2.05, 4.69) is 16.0 Å². The van der Waals surface area contributed by atoms with Gasteiger partial charge in [0.1, 0.15) is 6.04 Å². The first-order valence-corrected chi connectivity index (χ1v) is 7.25. The minimum Gasteiger partial charge on any atom is -0.480 e. The minimum atomic E-state index is -1.08. The molecule has 0 aliphatic rings. The van der Waals surface area contributed by atoms with E-state index < -0.39 is 17.9 Å². The van der Waals surface area contributed by atoms with Crippen molar-refractivity contribution in [1.82, 2.24) is 16.0 Å². The molecule has 0 fully saturated rings. The Morgan fingerprint density at radius 2 is 1.50 bits per heavy atom. The van der Waals surface area contributed by atoms with Crippen LogP contribution in [0, 0.1) is 5.92 Å². The predicted octanol–water partition coefficient (Wildman–Crippen LogP) is -0.366. The molecule has 0 aliphatic carbocycles. The number of amides is 3. The van der Waals surface area contributed by atoms with Crippen molar-refractivity contribution in [1.29, 1.82) is 0 Å². The molecule has 0 saturated heterocycles. The Kier molecular flexibility index (Phi) is 9.56. The summed E-state index contributed by atoms with van der Waals surface area (Å²) in [6.45, 7) is 5.71. The van der Waals surface area contributed by atoms with Crippen molar-refractivity contribution in [2.45, 2.75) is 46.1 Å². The fourth-order valence-electron chi connectivity index (χ4n) is 1.72. The zero-order valence-corrected chi connectivity index (χ0v) is 13.3. The van der Waals surface area contributed by atoms with Crippen molar-refractivity contribution >= 4 is 23.7 Å². The number of carboxylic acid groups (broad SMARTS) is 1. The molecule has 22 heavy (non-hydrogen) atoms. The van der Waals surface area contributed by atoms with Gasteiger partial charge in [0, 0.05) is 32.9 Å². The Bertz CT molecular complexity index is 409. The van der Waals surface area contributed by atoms with Crippen LogP contribution in [0.3, 0.4) is 0 Å². The Morgan fingerprint density at radius 3 is 2.00 bits per heavy atom. The molecule has 126 valence electrons. The summed E-state index contributed by atoms with van der Waals surface area (Å²) in [6.07, 6.45) is 0.234. The van der Waals surface area contributed by atoms with Gasteiger partial charge in [-0.2, -0.15) is 0 Å². The first-order valence-electron chi connectivity index (χ1n) is 7.25. The van der Waals surface area contributed by atoms with E-state index in [4.69, 9.17) is 5.11 Å². The quantitative estimate of drug-likeness (QED) is 0.410. The summed E-state index contributed by atoms with van der Waals surface area (Å²) >= 11 is 0. The van der Waals surface area contributed by atoms with Gasteiger partial charge in [-0.15, -0.1) is 0 Å². The Labute approximate surface area is 130 Å². The van der Waals surface area contributed by atoms with Crippen LogP contribution in [-0.2, 0) is 19.2 Å². The van der Waals surface area contributed by atoms with E-state index >= 15 is 0 Å². The lowest BCUT2D eigenvalue weighted by molar-refractivity contribution is -0.142. The van der Waals surface area contributed by atoms with Crippen LogP contribution >= 0.6 is 0 Å². The Balaban J connectivity index is 3.98. The molecule has 4 N–H and O–H groups in total. The third-order valence-corrected chi connectivity index (χ3v) is 2.74. The molecule has 1 atom stereocenters. The van der Waals surface area contributed by atoms with Gasteiger partial charge in [0.15, 0.2) is 0 Å². The summed E-state index contributed by atoms with van der Waals surface area (Å²) < 4.78 is 0. The van der Waals surface area contributed by atoms with E-state index in [-0.39, 0.29) is 37.1 Å². The normalized spacial score (nSPS) is 11.6. The highest BCUT2D eigenvalue weighted by Gasteiger charge is 2.21. The van der Waals surface area contributed by atoms with Gasteiger partial charge in [0.25, 0.3) is 0 Å². The molecule has 8 nitrogen and oxygen atoms in total. The zero-order chi connectivity index (χ0) is 17.1. The molecule has 0 heterocycles. The number of carbonyl (C=O) groups is 4. The number of carboxylic acids is 1. The Hall–Kier alpha value is -2.12. The van der Waals surface area contributed by atoms with Crippen LogP contribution in [0.1, 0.15) is 40.0 Å². The fourth-order valence-corrected chi connectivity index (χ4v) is 1.72. The number of rotatable bonds is 10. The van der Waals surface area contributed by atoms with Crippen molar-refractivity contribution in [2.24, 2.45) is 5.92 Å². The van der Waals surface area contributed by atoms with Gasteiger partial charge in [-0.05, 0) is 12.3 Å². The number of aliphatic carboxylic acids is 1. The van der Waals surface area contributed by atoms with Crippen LogP contribution in [0.5, 0.6) is 0 Å². The third kappa shape index (κ3) is 10.6. The summed E-state index contributed by atoms with van der Waals surface area (Å²) in [5, 5.41) is 16.5. The minimum absolute atomic E-state index is 0.0279. The molecule has 0 rings (SSSR count). The number of hydrogen-bond donors (Lipinski definition) is 4. The van der Waals surface area contributed by atoms with Crippen molar-refractivity contribution in [3.8, 4) is 0 Å². The molecule has 0 bridgehead atoms. The second-order valence-electron chi connectivity index (χ2n) is 5.42. The van der Waals surface area contributed by atoms with Gasteiger partial charge < -0.3 is 21.1 Å². The van der Waals surface area contributed by atoms with Crippen molar-refractivity contribution < 1.29 is 24.3 Å². The molecule has 0 aromatic carbocycles. The average Bonchev–Trinajstić information content (AvgIpc) is 2.39. The average molecular weight is 315 g/mol. The SMILES string of the molecule is CC(=O)NCCNC(=O)CCC(=O)NC(CC(C)C)C(=O)O. The summed E-state index contributed by atoms with van der Waals surface area (Å²) in [5.74, 6) is -1.92. The predicted molar refractivity (Wildman–Crippen MR) is 79.9 cm³/mol. The summed E-state index contributed by atoms with van der Waals surface area (Å²) in [4.78, 5) is 44.7. The lowest BCUT2D eigenvalue weighted by atomic mass is 10.0. The second kappa shape index (κ2) is 10.6. The van der Waals surface area contributed by atoms with Crippen LogP contribution in [0.25, 0.3) is 0 Å². The molecule has 0 spiro atoms. The lowest BCUT2D eigenvalue weighted by Crippen LogP contribution is -2.42. The second-order valence-corrected chi connectivity index (χ2v) is 5.42. The highest BCUT2D eigenvalue weighted by molar-refractivity contribution is 5.86. The van der Waals surface area contributed by atoms with Crippen LogP contribution in [-0.4, -0.2) is 47.9 Å². The van der Waals surface area contributed by atoms with Gasteiger partial charge in [0.05, 0.1) is 0 Å². The van der Waals surface area contributed by atoms with E-state index in [1.165, 1.54) is 6.92 Å². The number of hydrogen-bond acceptors (Lipinski definition) is 4. The highest BCUT2D eigenvalue weighted by atomic mass is 16.4. The van der Waals surface area contributed by atoms with E-state index in [0.29, 0.717) is 13.0 Å². The lowest BCUT2D eigenvalue weighted by Gasteiger charge is -2.16. The molecule has 1 unspecified atom stereocenters. The van der Waals surface area contributed by atoms with E-state index in [9.17, 15) is 19.2 Å². The smallest absolute Gasteiger partial charge is 0.326 e. The summed E-state index contributed by atoms with van der Waals surface area (Å²) in [6, 6.07) is -0.935. The molecule has 0 radical (unpaired) electrons. The summed E-state index contributed by atoms with van der Waals surface area (Å²) in [5.41, 5.74) is 0. The van der Waals surface area contributed by atoms with Crippen LogP contribution in [0.15, 0.2) is 0 Å². The maximum atomic E-state index is 11.7. The first kappa shape index (κ1) is 19.9. The van der Waals surface area contributed by atoms with Crippen LogP contribution in [0.2, 0.25) is 0 Å². The fraction of sp³-hybridized carbons (Fsp3) is 0.714. The van der Waals surface area contributed by atoms with Crippen molar-refractivity contribution in [3.05, 3.63) is 0 Å². The van der Waals surface area contributed by atoms with Crippen molar-refractivity contribution in [2.75, 3.05) is 13.1 Å². The maximum absolute atomic E-state index is 11.7. The maximum Gasteiger partial charge on any atom is 0.326 e.